The minimum absolute atomic E-state index is 0.0162. The third kappa shape index (κ3) is 3.68. The van der Waals surface area contributed by atoms with Gasteiger partial charge in [0.05, 0.1) is 10.5 Å². The molecule has 0 aliphatic heterocycles. The van der Waals surface area contributed by atoms with Gasteiger partial charge < -0.3 is 9.09 Å². The normalized spacial score (nSPS) is 20.4. The lowest BCUT2D eigenvalue weighted by molar-refractivity contribution is 0.267. The van der Waals surface area contributed by atoms with Crippen molar-refractivity contribution < 1.29 is 4.52 Å². The first kappa shape index (κ1) is 20.7. The summed E-state index contributed by atoms with van der Waals surface area (Å²) in [6.45, 7) is 4.11. The van der Waals surface area contributed by atoms with Crippen LogP contribution in [0, 0.1) is 12.8 Å². The van der Waals surface area contributed by atoms with Gasteiger partial charge in [-0.25, -0.2) is 0 Å². The van der Waals surface area contributed by atoms with E-state index < -0.39 is 0 Å². The highest BCUT2D eigenvalue weighted by molar-refractivity contribution is 8.00. The average molecular weight is 453 g/mol. The second kappa shape index (κ2) is 8.36. The minimum atomic E-state index is -0.0162. The Hall–Kier alpha value is -2.24. The standard InChI is InChI=1S/C25H25ClN2O2S/c1-15-22-24(27-30-15)23-20(26)12-7-13-21(23)28(25(22)29)18-9-6-8-17(14-18)16(2)31-19-10-4-3-5-11-19/h3-5,7,10-13,16-18H,6,8-9,14H2,1-2H3. The molecule has 1 fully saturated rings. The van der Waals surface area contributed by atoms with Crippen molar-refractivity contribution in [3.63, 3.8) is 0 Å². The molecule has 4 nitrogen and oxygen atoms in total. The van der Waals surface area contributed by atoms with E-state index in [0.717, 1.165) is 30.2 Å². The molecule has 3 atom stereocenters. The van der Waals surface area contributed by atoms with Crippen molar-refractivity contribution >= 4 is 45.2 Å². The Morgan fingerprint density at radius 3 is 2.74 bits per heavy atom. The lowest BCUT2D eigenvalue weighted by Crippen LogP contribution is -2.31. The fraction of sp³-hybridized carbons (Fsp3) is 0.360. The van der Waals surface area contributed by atoms with Crippen LogP contribution in [0.3, 0.4) is 0 Å². The molecule has 1 aliphatic rings. The van der Waals surface area contributed by atoms with Crippen molar-refractivity contribution in [3.8, 4) is 0 Å². The van der Waals surface area contributed by atoms with Crippen LogP contribution in [-0.2, 0) is 0 Å². The van der Waals surface area contributed by atoms with Crippen LogP contribution in [0.15, 0.2) is 62.7 Å². The molecular formula is C25H25ClN2O2S. The molecule has 31 heavy (non-hydrogen) atoms. The first-order chi connectivity index (χ1) is 15.0. The highest BCUT2D eigenvalue weighted by Crippen LogP contribution is 2.41. The monoisotopic (exact) mass is 452 g/mol. The molecule has 2 heterocycles. The molecule has 2 aromatic heterocycles. The molecule has 0 radical (unpaired) electrons. The average Bonchev–Trinajstić information content (AvgIpc) is 3.16. The zero-order valence-corrected chi connectivity index (χ0v) is 19.2. The summed E-state index contributed by atoms with van der Waals surface area (Å²) in [4.78, 5) is 14.9. The van der Waals surface area contributed by atoms with Gasteiger partial charge in [-0.2, -0.15) is 0 Å². The van der Waals surface area contributed by atoms with E-state index in [1.165, 1.54) is 11.3 Å². The fourth-order valence-electron chi connectivity index (χ4n) is 5.01. The molecule has 2 aromatic carbocycles. The maximum absolute atomic E-state index is 13.6. The second-order valence-electron chi connectivity index (χ2n) is 8.49. The fourth-order valence-corrected chi connectivity index (χ4v) is 6.45. The number of thioether (sulfide) groups is 1. The molecule has 0 spiro atoms. The third-order valence-corrected chi connectivity index (χ3v) is 8.18. The van der Waals surface area contributed by atoms with Crippen LogP contribution in [0.1, 0.15) is 44.4 Å². The number of benzene rings is 2. The Labute approximate surface area is 190 Å². The summed E-state index contributed by atoms with van der Waals surface area (Å²) in [6.07, 6.45) is 4.29. The minimum Gasteiger partial charge on any atom is -0.360 e. The summed E-state index contributed by atoms with van der Waals surface area (Å²) in [6, 6.07) is 16.5. The highest BCUT2D eigenvalue weighted by Gasteiger charge is 2.30. The second-order valence-corrected chi connectivity index (χ2v) is 10.3. The maximum atomic E-state index is 13.6. The van der Waals surface area contributed by atoms with Crippen molar-refractivity contribution in [1.29, 1.82) is 0 Å². The zero-order chi connectivity index (χ0) is 21.5. The number of aromatic nitrogens is 2. The first-order valence-electron chi connectivity index (χ1n) is 10.8. The van der Waals surface area contributed by atoms with E-state index in [1.54, 1.807) is 6.92 Å². The Morgan fingerprint density at radius 1 is 1.13 bits per heavy atom. The summed E-state index contributed by atoms with van der Waals surface area (Å²) < 4.78 is 7.37. The summed E-state index contributed by atoms with van der Waals surface area (Å²) in [5, 5.41) is 6.61. The van der Waals surface area contributed by atoms with Crippen molar-refractivity contribution in [2.75, 3.05) is 0 Å². The molecule has 1 aliphatic carbocycles. The van der Waals surface area contributed by atoms with Gasteiger partial charge in [0.15, 0.2) is 0 Å². The van der Waals surface area contributed by atoms with Gasteiger partial charge in [-0.1, -0.05) is 54.4 Å². The van der Waals surface area contributed by atoms with Crippen molar-refractivity contribution in [3.05, 3.63) is 69.7 Å². The number of aryl methyl sites for hydroxylation is 1. The molecule has 1 saturated carbocycles. The summed E-state index contributed by atoms with van der Waals surface area (Å²) in [7, 11) is 0. The van der Waals surface area contributed by atoms with Crippen LogP contribution in [0.25, 0.3) is 21.8 Å². The smallest absolute Gasteiger partial charge is 0.264 e. The number of hydrogen-bond acceptors (Lipinski definition) is 4. The van der Waals surface area contributed by atoms with Gasteiger partial charge >= 0.3 is 0 Å². The van der Waals surface area contributed by atoms with Crippen LogP contribution in [0.4, 0.5) is 0 Å². The van der Waals surface area contributed by atoms with Gasteiger partial charge in [0.2, 0.25) is 0 Å². The van der Waals surface area contributed by atoms with Gasteiger partial charge in [0.1, 0.15) is 16.7 Å². The van der Waals surface area contributed by atoms with Crippen LogP contribution in [0.2, 0.25) is 5.02 Å². The summed E-state index contributed by atoms with van der Waals surface area (Å²) in [5.74, 6) is 1.10. The van der Waals surface area contributed by atoms with Gasteiger partial charge in [0.25, 0.3) is 5.56 Å². The van der Waals surface area contributed by atoms with E-state index in [9.17, 15) is 4.79 Å². The molecule has 0 bridgehead atoms. The number of pyridine rings is 1. The molecule has 6 heteroatoms. The molecular weight excluding hydrogens is 428 g/mol. The van der Waals surface area contributed by atoms with E-state index in [1.807, 2.05) is 34.5 Å². The molecule has 0 N–H and O–H groups in total. The SMILES string of the molecule is Cc1onc2c1c(=O)n(C1CCCC(C(C)Sc3ccccc3)C1)c1cccc(Cl)c21. The predicted molar refractivity (Wildman–Crippen MR) is 128 cm³/mol. The molecule has 0 amide bonds. The molecule has 5 rings (SSSR count). The lowest BCUT2D eigenvalue weighted by Gasteiger charge is -2.34. The Balaban J connectivity index is 1.55. The quantitative estimate of drug-likeness (QED) is 0.312. The lowest BCUT2D eigenvalue weighted by atomic mass is 9.83. The van der Waals surface area contributed by atoms with Crippen molar-refractivity contribution in [2.45, 2.75) is 55.7 Å². The van der Waals surface area contributed by atoms with E-state index in [4.69, 9.17) is 16.1 Å². The van der Waals surface area contributed by atoms with Crippen LogP contribution in [0.5, 0.6) is 0 Å². The Morgan fingerprint density at radius 2 is 1.94 bits per heavy atom. The van der Waals surface area contributed by atoms with E-state index in [2.05, 4.69) is 42.4 Å². The van der Waals surface area contributed by atoms with Crippen molar-refractivity contribution in [1.82, 2.24) is 9.72 Å². The number of nitrogens with zero attached hydrogens (tertiary/aromatic N) is 2. The first-order valence-corrected chi connectivity index (χ1v) is 12.1. The summed E-state index contributed by atoms with van der Waals surface area (Å²) in [5.41, 5.74) is 1.41. The van der Waals surface area contributed by atoms with Crippen LogP contribution in [-0.4, -0.2) is 15.0 Å². The van der Waals surface area contributed by atoms with E-state index in [-0.39, 0.29) is 11.6 Å². The predicted octanol–water partition coefficient (Wildman–Crippen LogP) is 7.02. The van der Waals surface area contributed by atoms with Gasteiger partial charge in [-0.05, 0) is 56.4 Å². The molecule has 160 valence electrons. The summed E-state index contributed by atoms with van der Waals surface area (Å²) >= 11 is 8.51. The van der Waals surface area contributed by atoms with Crippen LogP contribution < -0.4 is 5.56 Å². The van der Waals surface area contributed by atoms with Gasteiger partial charge in [-0.3, -0.25) is 4.79 Å². The third-order valence-electron chi connectivity index (χ3n) is 6.56. The van der Waals surface area contributed by atoms with E-state index >= 15 is 0 Å². The Bertz CT molecular complexity index is 1300. The number of hydrogen-bond donors (Lipinski definition) is 0. The molecule has 4 aromatic rings. The highest BCUT2D eigenvalue weighted by atomic mass is 35.5. The van der Waals surface area contributed by atoms with Gasteiger partial charge in [-0.15, -0.1) is 11.8 Å². The van der Waals surface area contributed by atoms with Gasteiger partial charge in [0, 0.05) is 21.6 Å². The molecule has 0 saturated heterocycles. The zero-order valence-electron chi connectivity index (χ0n) is 17.7. The number of fused-ring (bicyclic) bond motifs is 3. The maximum Gasteiger partial charge on any atom is 0.264 e. The molecule has 3 unspecified atom stereocenters. The van der Waals surface area contributed by atoms with Crippen LogP contribution >= 0.6 is 23.4 Å². The topological polar surface area (TPSA) is 48.0 Å². The number of rotatable bonds is 4. The Kier molecular flexibility index (Phi) is 5.57. The van der Waals surface area contributed by atoms with E-state index in [0.29, 0.717) is 32.9 Å². The van der Waals surface area contributed by atoms with Crippen molar-refractivity contribution in [2.24, 2.45) is 5.92 Å². The number of halogens is 1. The largest absolute Gasteiger partial charge is 0.360 e.